The first-order valence-corrected chi connectivity index (χ1v) is 7.01. The van der Waals surface area contributed by atoms with Gasteiger partial charge in [0, 0.05) is 19.7 Å². The standard InChI is InChI=1S/C14H27NO4/c1-6-17-7-8-18-12(3)13(16)15-9-11(2)19-14(4,5)10-15/h11-12H,6-10H2,1-5H3/t11-,12+/m0/s1. The molecule has 0 N–H and O–H groups in total. The lowest BCUT2D eigenvalue weighted by atomic mass is 10.1. The molecule has 1 saturated heterocycles. The van der Waals surface area contributed by atoms with Crippen molar-refractivity contribution in [2.24, 2.45) is 0 Å². The highest BCUT2D eigenvalue weighted by molar-refractivity contribution is 5.80. The molecule has 19 heavy (non-hydrogen) atoms. The molecule has 0 aliphatic carbocycles. The summed E-state index contributed by atoms with van der Waals surface area (Å²) in [5.41, 5.74) is -0.293. The molecule has 1 fully saturated rings. The highest BCUT2D eigenvalue weighted by Crippen LogP contribution is 2.21. The molecule has 2 atom stereocenters. The molecule has 0 saturated carbocycles. The number of carbonyl (C=O) groups is 1. The zero-order valence-corrected chi connectivity index (χ0v) is 12.8. The van der Waals surface area contributed by atoms with Crippen molar-refractivity contribution in [3.05, 3.63) is 0 Å². The summed E-state index contributed by atoms with van der Waals surface area (Å²) in [5.74, 6) is 0.0275. The van der Waals surface area contributed by atoms with E-state index in [1.54, 1.807) is 6.92 Å². The molecular formula is C14H27NO4. The monoisotopic (exact) mass is 273 g/mol. The Hall–Kier alpha value is -0.650. The topological polar surface area (TPSA) is 48.0 Å². The largest absolute Gasteiger partial charge is 0.379 e. The van der Waals surface area contributed by atoms with Crippen LogP contribution in [0.15, 0.2) is 0 Å². The minimum atomic E-state index is -0.429. The van der Waals surface area contributed by atoms with E-state index in [2.05, 4.69) is 0 Å². The van der Waals surface area contributed by atoms with Crippen LogP contribution < -0.4 is 0 Å². The Bertz CT molecular complexity index is 293. The van der Waals surface area contributed by atoms with E-state index in [0.29, 0.717) is 32.9 Å². The van der Waals surface area contributed by atoms with Gasteiger partial charge in [0.1, 0.15) is 6.10 Å². The van der Waals surface area contributed by atoms with Crippen LogP contribution in [0, 0.1) is 0 Å². The van der Waals surface area contributed by atoms with Crippen LogP contribution in [-0.4, -0.2) is 61.5 Å². The molecule has 5 nitrogen and oxygen atoms in total. The molecule has 0 aromatic rings. The Labute approximate surface area is 116 Å². The first-order chi connectivity index (χ1) is 8.85. The van der Waals surface area contributed by atoms with Gasteiger partial charge in [-0.15, -0.1) is 0 Å². The Kier molecular flexibility index (Phi) is 6.23. The number of nitrogens with zero attached hydrogens (tertiary/aromatic N) is 1. The van der Waals surface area contributed by atoms with Crippen LogP contribution in [0.2, 0.25) is 0 Å². The molecule has 112 valence electrons. The molecule has 1 aliphatic heterocycles. The van der Waals surface area contributed by atoms with E-state index in [9.17, 15) is 4.79 Å². The molecule has 1 heterocycles. The van der Waals surface area contributed by atoms with Crippen LogP contribution in [0.1, 0.15) is 34.6 Å². The summed E-state index contributed by atoms with van der Waals surface area (Å²) in [6.45, 7) is 12.6. The van der Waals surface area contributed by atoms with Gasteiger partial charge in [-0.1, -0.05) is 0 Å². The molecule has 0 radical (unpaired) electrons. The number of hydrogen-bond acceptors (Lipinski definition) is 4. The minimum Gasteiger partial charge on any atom is -0.379 e. The summed E-state index contributed by atoms with van der Waals surface area (Å²) in [6.07, 6.45) is -0.370. The summed E-state index contributed by atoms with van der Waals surface area (Å²) < 4.78 is 16.5. The third-order valence-corrected chi connectivity index (χ3v) is 3.03. The summed E-state index contributed by atoms with van der Waals surface area (Å²) in [5, 5.41) is 0. The second-order valence-corrected chi connectivity index (χ2v) is 5.62. The molecule has 0 spiro atoms. The summed E-state index contributed by atoms with van der Waals surface area (Å²) in [7, 11) is 0. The third kappa shape index (κ3) is 5.47. The minimum absolute atomic E-state index is 0.0275. The molecule has 5 heteroatoms. The molecule has 1 aliphatic rings. The first-order valence-electron chi connectivity index (χ1n) is 7.01. The highest BCUT2D eigenvalue weighted by Gasteiger charge is 2.35. The maximum absolute atomic E-state index is 12.3. The highest BCUT2D eigenvalue weighted by atomic mass is 16.5. The van der Waals surface area contributed by atoms with E-state index in [4.69, 9.17) is 14.2 Å². The van der Waals surface area contributed by atoms with Gasteiger partial charge in [0.25, 0.3) is 5.91 Å². The van der Waals surface area contributed by atoms with Crippen molar-refractivity contribution in [3.63, 3.8) is 0 Å². The van der Waals surface area contributed by atoms with E-state index >= 15 is 0 Å². The summed E-state index contributed by atoms with van der Waals surface area (Å²) in [4.78, 5) is 14.1. The second kappa shape index (κ2) is 7.22. The van der Waals surface area contributed by atoms with Crippen LogP contribution in [0.3, 0.4) is 0 Å². The first kappa shape index (κ1) is 16.4. The van der Waals surface area contributed by atoms with Gasteiger partial charge in [-0.25, -0.2) is 0 Å². The molecule has 1 rings (SSSR count). The van der Waals surface area contributed by atoms with E-state index in [1.165, 1.54) is 0 Å². The Morgan fingerprint density at radius 2 is 2.16 bits per heavy atom. The lowest BCUT2D eigenvalue weighted by molar-refractivity contribution is -0.167. The number of amides is 1. The normalized spacial score (nSPS) is 24.3. The van der Waals surface area contributed by atoms with Crippen LogP contribution in [0.5, 0.6) is 0 Å². The Morgan fingerprint density at radius 1 is 1.47 bits per heavy atom. The zero-order valence-electron chi connectivity index (χ0n) is 12.8. The predicted molar refractivity (Wildman–Crippen MR) is 73.1 cm³/mol. The van der Waals surface area contributed by atoms with E-state index < -0.39 is 6.10 Å². The van der Waals surface area contributed by atoms with Crippen molar-refractivity contribution in [2.45, 2.75) is 52.4 Å². The number of carbonyl (C=O) groups excluding carboxylic acids is 1. The SMILES string of the molecule is CCOCCO[C@H](C)C(=O)N1C[C@H](C)OC(C)(C)C1. The molecule has 0 aromatic carbocycles. The van der Waals surface area contributed by atoms with Crippen molar-refractivity contribution >= 4 is 5.91 Å². The maximum Gasteiger partial charge on any atom is 0.251 e. The van der Waals surface area contributed by atoms with Crippen LogP contribution >= 0.6 is 0 Å². The van der Waals surface area contributed by atoms with Gasteiger partial charge >= 0.3 is 0 Å². The van der Waals surface area contributed by atoms with Crippen molar-refractivity contribution in [2.75, 3.05) is 32.9 Å². The van der Waals surface area contributed by atoms with E-state index in [0.717, 1.165) is 0 Å². The van der Waals surface area contributed by atoms with Gasteiger partial charge in [0.2, 0.25) is 0 Å². The fourth-order valence-electron chi connectivity index (χ4n) is 2.38. The third-order valence-electron chi connectivity index (χ3n) is 3.03. The van der Waals surface area contributed by atoms with Crippen LogP contribution in [0.25, 0.3) is 0 Å². The molecule has 1 amide bonds. The predicted octanol–water partition coefficient (Wildman–Crippen LogP) is 1.45. The smallest absolute Gasteiger partial charge is 0.251 e. The van der Waals surface area contributed by atoms with Gasteiger partial charge in [-0.2, -0.15) is 0 Å². The lowest BCUT2D eigenvalue weighted by Crippen LogP contribution is -2.55. The van der Waals surface area contributed by atoms with Crippen molar-refractivity contribution < 1.29 is 19.0 Å². The number of hydrogen-bond donors (Lipinski definition) is 0. The molecular weight excluding hydrogens is 246 g/mol. The molecule has 0 aromatic heterocycles. The average molecular weight is 273 g/mol. The molecule has 0 unspecified atom stereocenters. The van der Waals surface area contributed by atoms with Crippen molar-refractivity contribution in [1.82, 2.24) is 4.90 Å². The Balaban J connectivity index is 2.42. The maximum atomic E-state index is 12.3. The van der Waals surface area contributed by atoms with Crippen LogP contribution in [-0.2, 0) is 19.0 Å². The lowest BCUT2D eigenvalue weighted by Gasteiger charge is -2.42. The summed E-state index contributed by atoms with van der Waals surface area (Å²) >= 11 is 0. The van der Waals surface area contributed by atoms with Gasteiger partial charge in [0.05, 0.1) is 24.9 Å². The average Bonchev–Trinajstić information content (AvgIpc) is 2.31. The van der Waals surface area contributed by atoms with Crippen molar-refractivity contribution in [1.29, 1.82) is 0 Å². The van der Waals surface area contributed by atoms with Gasteiger partial charge in [0.15, 0.2) is 0 Å². The van der Waals surface area contributed by atoms with Crippen molar-refractivity contribution in [3.8, 4) is 0 Å². The zero-order chi connectivity index (χ0) is 14.5. The van der Waals surface area contributed by atoms with Gasteiger partial charge < -0.3 is 19.1 Å². The quantitative estimate of drug-likeness (QED) is 0.687. The molecule has 0 bridgehead atoms. The fourth-order valence-corrected chi connectivity index (χ4v) is 2.38. The number of rotatable bonds is 6. The number of morpholine rings is 1. The van der Waals surface area contributed by atoms with E-state index in [1.807, 2.05) is 32.6 Å². The van der Waals surface area contributed by atoms with Gasteiger partial charge in [-0.3, -0.25) is 4.79 Å². The summed E-state index contributed by atoms with van der Waals surface area (Å²) in [6, 6.07) is 0. The Morgan fingerprint density at radius 3 is 2.74 bits per heavy atom. The fraction of sp³-hybridized carbons (Fsp3) is 0.929. The van der Waals surface area contributed by atoms with Gasteiger partial charge in [-0.05, 0) is 34.6 Å². The van der Waals surface area contributed by atoms with Crippen LogP contribution in [0.4, 0.5) is 0 Å². The van der Waals surface area contributed by atoms with E-state index in [-0.39, 0.29) is 17.6 Å². The second-order valence-electron chi connectivity index (χ2n) is 5.62. The number of ether oxygens (including phenoxy) is 3.